The van der Waals surface area contributed by atoms with Gasteiger partial charge in [-0.15, -0.1) is 0 Å². The van der Waals surface area contributed by atoms with E-state index < -0.39 is 0 Å². The summed E-state index contributed by atoms with van der Waals surface area (Å²) in [5.74, 6) is 0. The molecular weight excluding hydrogens is 170 g/mol. The highest BCUT2D eigenvalue weighted by atomic mass is 15.1. The molecule has 0 aliphatic rings. The number of anilines is 1. The fourth-order valence-electron chi connectivity index (χ4n) is 1.65. The summed E-state index contributed by atoms with van der Waals surface area (Å²) >= 11 is 0. The van der Waals surface area contributed by atoms with Crippen molar-refractivity contribution in [3.8, 4) is 0 Å². The van der Waals surface area contributed by atoms with Crippen LogP contribution in [-0.4, -0.2) is 13.6 Å². The Morgan fingerprint density at radius 2 is 2.14 bits per heavy atom. The molecule has 0 fully saturated rings. The molecule has 1 radical (unpaired) electrons. The van der Waals surface area contributed by atoms with Crippen molar-refractivity contribution in [3.63, 3.8) is 0 Å². The lowest BCUT2D eigenvalue weighted by molar-refractivity contribution is 0.974. The number of benzene rings is 2. The molecule has 14 heavy (non-hydrogen) atoms. The molecule has 0 saturated heterocycles. The lowest BCUT2D eigenvalue weighted by Gasteiger charge is -2.18. The summed E-state index contributed by atoms with van der Waals surface area (Å²) in [7, 11) is 2.12. The van der Waals surface area contributed by atoms with Crippen LogP contribution >= 0.6 is 0 Å². The van der Waals surface area contributed by atoms with Crippen molar-refractivity contribution in [1.82, 2.24) is 0 Å². The predicted octanol–water partition coefficient (Wildman–Crippen LogP) is 3.10. The third-order valence-corrected chi connectivity index (χ3v) is 2.59. The molecule has 0 spiro atoms. The van der Waals surface area contributed by atoms with Crippen molar-refractivity contribution < 1.29 is 0 Å². The van der Waals surface area contributed by atoms with Crippen molar-refractivity contribution in [2.24, 2.45) is 0 Å². The minimum absolute atomic E-state index is 1.03. The topological polar surface area (TPSA) is 3.24 Å². The minimum Gasteiger partial charge on any atom is -0.374 e. The summed E-state index contributed by atoms with van der Waals surface area (Å²) in [6.07, 6.45) is 0. The molecule has 1 heteroatoms. The van der Waals surface area contributed by atoms with E-state index in [9.17, 15) is 0 Å². The lowest BCUT2D eigenvalue weighted by Crippen LogP contribution is -2.15. The van der Waals surface area contributed by atoms with Crippen LogP contribution in [-0.2, 0) is 0 Å². The number of hydrogen-bond acceptors (Lipinski definition) is 1. The summed E-state index contributed by atoms with van der Waals surface area (Å²) < 4.78 is 0. The first kappa shape index (κ1) is 9.07. The van der Waals surface area contributed by atoms with E-state index in [1.807, 2.05) is 12.1 Å². The van der Waals surface area contributed by atoms with Crippen LogP contribution in [0.15, 0.2) is 36.4 Å². The highest BCUT2D eigenvalue weighted by Crippen LogP contribution is 2.25. The summed E-state index contributed by atoms with van der Waals surface area (Å²) in [6.45, 7) is 3.19. The number of rotatable bonds is 2. The molecule has 0 aliphatic carbocycles. The smallest absolute Gasteiger partial charge is 0.0443 e. The lowest BCUT2D eigenvalue weighted by atomic mass is 10.1. The quantitative estimate of drug-likeness (QED) is 0.693. The Bertz CT molecular complexity index is 429. The highest BCUT2D eigenvalue weighted by molar-refractivity contribution is 5.94. The molecule has 0 amide bonds. The monoisotopic (exact) mass is 184 g/mol. The molecule has 0 heterocycles. The van der Waals surface area contributed by atoms with Crippen LogP contribution in [0.2, 0.25) is 0 Å². The molecule has 0 saturated carbocycles. The Morgan fingerprint density at radius 1 is 1.29 bits per heavy atom. The van der Waals surface area contributed by atoms with Gasteiger partial charge in [0, 0.05) is 24.7 Å². The third-order valence-electron chi connectivity index (χ3n) is 2.59. The van der Waals surface area contributed by atoms with Crippen molar-refractivity contribution in [2.45, 2.75) is 6.92 Å². The molecule has 2 aromatic carbocycles. The Balaban J connectivity index is 2.65. The van der Waals surface area contributed by atoms with E-state index >= 15 is 0 Å². The van der Waals surface area contributed by atoms with E-state index in [2.05, 4.69) is 49.2 Å². The van der Waals surface area contributed by atoms with Gasteiger partial charge in [-0.3, -0.25) is 0 Å². The first-order valence-corrected chi connectivity index (χ1v) is 4.93. The molecule has 2 rings (SSSR count). The zero-order valence-electron chi connectivity index (χ0n) is 8.62. The van der Waals surface area contributed by atoms with Crippen LogP contribution in [0.1, 0.15) is 6.92 Å². The van der Waals surface area contributed by atoms with Crippen LogP contribution in [0, 0.1) is 6.07 Å². The molecular formula is C13H14N. The fraction of sp³-hybridized carbons (Fsp3) is 0.231. The zero-order chi connectivity index (χ0) is 9.97. The van der Waals surface area contributed by atoms with E-state index in [0.717, 1.165) is 6.54 Å². The number of hydrogen-bond donors (Lipinski definition) is 0. The van der Waals surface area contributed by atoms with Gasteiger partial charge in [-0.2, -0.15) is 0 Å². The van der Waals surface area contributed by atoms with Crippen LogP contribution in [0.5, 0.6) is 0 Å². The molecule has 0 atom stereocenters. The van der Waals surface area contributed by atoms with Crippen molar-refractivity contribution >= 4 is 16.5 Å². The van der Waals surface area contributed by atoms with Gasteiger partial charge in [0.1, 0.15) is 0 Å². The Labute approximate surface area is 85.0 Å². The standard InChI is InChI=1S/C13H14N/c1-3-14(2)13-10-6-8-11-7-4-5-9-12(11)13/h5-10H,3H2,1-2H3. The van der Waals surface area contributed by atoms with Crippen molar-refractivity contribution in [1.29, 1.82) is 0 Å². The third kappa shape index (κ3) is 1.46. The fourth-order valence-corrected chi connectivity index (χ4v) is 1.65. The molecule has 1 nitrogen and oxygen atoms in total. The predicted molar refractivity (Wildman–Crippen MR) is 61.7 cm³/mol. The minimum atomic E-state index is 1.03. The largest absolute Gasteiger partial charge is 0.374 e. The first-order chi connectivity index (χ1) is 6.83. The van der Waals surface area contributed by atoms with E-state index in [1.165, 1.54) is 16.5 Å². The zero-order valence-corrected chi connectivity index (χ0v) is 8.62. The Kier molecular flexibility index (Phi) is 2.40. The number of nitrogens with zero attached hydrogens (tertiary/aromatic N) is 1. The average molecular weight is 184 g/mol. The van der Waals surface area contributed by atoms with Crippen molar-refractivity contribution in [3.05, 3.63) is 42.5 Å². The summed E-state index contributed by atoms with van der Waals surface area (Å²) in [4.78, 5) is 2.25. The number of fused-ring (bicyclic) bond motifs is 1. The molecule has 0 aromatic heterocycles. The van der Waals surface area contributed by atoms with Gasteiger partial charge in [0.2, 0.25) is 0 Å². The van der Waals surface area contributed by atoms with Gasteiger partial charge in [-0.1, -0.05) is 24.3 Å². The van der Waals surface area contributed by atoms with E-state index in [-0.39, 0.29) is 0 Å². The SMILES string of the molecule is CCN(C)c1cccc2c[c]ccc12. The van der Waals surface area contributed by atoms with Crippen molar-refractivity contribution in [2.75, 3.05) is 18.5 Å². The molecule has 0 N–H and O–H groups in total. The normalized spacial score (nSPS) is 10.4. The molecule has 71 valence electrons. The Hall–Kier alpha value is -1.50. The van der Waals surface area contributed by atoms with E-state index in [4.69, 9.17) is 0 Å². The maximum Gasteiger partial charge on any atom is 0.0443 e. The van der Waals surface area contributed by atoms with Crippen LogP contribution in [0.4, 0.5) is 5.69 Å². The van der Waals surface area contributed by atoms with Crippen LogP contribution < -0.4 is 4.90 Å². The van der Waals surface area contributed by atoms with Gasteiger partial charge in [0.05, 0.1) is 0 Å². The Morgan fingerprint density at radius 3 is 2.93 bits per heavy atom. The van der Waals surface area contributed by atoms with Gasteiger partial charge < -0.3 is 4.90 Å². The van der Waals surface area contributed by atoms with Crippen LogP contribution in [0.3, 0.4) is 0 Å². The van der Waals surface area contributed by atoms with E-state index in [1.54, 1.807) is 0 Å². The van der Waals surface area contributed by atoms with Gasteiger partial charge in [0.25, 0.3) is 0 Å². The van der Waals surface area contributed by atoms with E-state index in [0.29, 0.717) is 0 Å². The molecule has 0 bridgehead atoms. The highest BCUT2D eigenvalue weighted by Gasteiger charge is 2.02. The second-order valence-corrected chi connectivity index (χ2v) is 3.44. The van der Waals surface area contributed by atoms with Crippen LogP contribution in [0.25, 0.3) is 10.8 Å². The van der Waals surface area contributed by atoms with Gasteiger partial charge in [-0.25, -0.2) is 0 Å². The first-order valence-electron chi connectivity index (χ1n) is 4.93. The van der Waals surface area contributed by atoms with Gasteiger partial charge in [0.15, 0.2) is 0 Å². The average Bonchev–Trinajstić information content (AvgIpc) is 2.27. The van der Waals surface area contributed by atoms with Gasteiger partial charge in [-0.05, 0) is 30.5 Å². The molecule has 0 unspecified atom stereocenters. The summed E-state index contributed by atoms with van der Waals surface area (Å²) in [5.41, 5.74) is 1.29. The maximum atomic E-state index is 3.10. The van der Waals surface area contributed by atoms with Gasteiger partial charge >= 0.3 is 0 Å². The second-order valence-electron chi connectivity index (χ2n) is 3.44. The second kappa shape index (κ2) is 3.70. The summed E-state index contributed by atoms with van der Waals surface area (Å²) in [6, 6.07) is 15.6. The summed E-state index contributed by atoms with van der Waals surface area (Å²) in [5, 5.41) is 2.56. The molecule has 0 aliphatic heterocycles. The molecule has 2 aromatic rings. The maximum absolute atomic E-state index is 3.10.